The van der Waals surface area contributed by atoms with Crippen molar-refractivity contribution < 1.29 is 18.3 Å². The Bertz CT molecular complexity index is 502. The third-order valence-electron chi connectivity index (χ3n) is 2.94. The normalized spacial score (nSPS) is 11.2. The van der Waals surface area contributed by atoms with Crippen molar-refractivity contribution in [3.8, 4) is 5.75 Å². The molecule has 0 saturated heterocycles. The van der Waals surface area contributed by atoms with Crippen molar-refractivity contribution in [3.63, 3.8) is 0 Å². The number of benzene rings is 1. The number of rotatable bonds is 9. The zero-order chi connectivity index (χ0) is 17.1. The van der Waals surface area contributed by atoms with Gasteiger partial charge in [-0.3, -0.25) is 0 Å². The maximum absolute atomic E-state index is 12.3. The molecule has 0 spiro atoms. The molecular formula is C16H26F2IN3O2. The minimum Gasteiger partial charge on any atom is -0.491 e. The lowest BCUT2D eigenvalue weighted by Crippen LogP contribution is -2.39. The van der Waals surface area contributed by atoms with Crippen LogP contribution in [0, 0.1) is 6.92 Å². The van der Waals surface area contributed by atoms with E-state index in [1.165, 1.54) is 0 Å². The minimum atomic E-state index is -2.42. The monoisotopic (exact) mass is 457 g/mol. The van der Waals surface area contributed by atoms with Gasteiger partial charge in [0.2, 0.25) is 0 Å². The van der Waals surface area contributed by atoms with Crippen molar-refractivity contribution in [2.24, 2.45) is 4.99 Å². The molecule has 8 heteroatoms. The van der Waals surface area contributed by atoms with Crippen LogP contribution in [0.1, 0.15) is 18.1 Å². The number of aliphatic imine (C=N–C) groups is 1. The molecule has 5 nitrogen and oxygen atoms in total. The van der Waals surface area contributed by atoms with E-state index in [1.807, 2.05) is 32.0 Å². The van der Waals surface area contributed by atoms with Gasteiger partial charge in [0.15, 0.2) is 5.96 Å². The second-order valence-corrected chi connectivity index (χ2v) is 4.92. The molecule has 1 aromatic rings. The Balaban J connectivity index is 0.00000529. The topological polar surface area (TPSA) is 54.9 Å². The highest BCUT2D eigenvalue weighted by atomic mass is 127. The number of aryl methyl sites for hydroxylation is 1. The molecule has 0 saturated carbocycles. The average molecular weight is 457 g/mol. The summed E-state index contributed by atoms with van der Waals surface area (Å²) in [5, 5.41) is 5.54. The number of methoxy groups -OCH3 is 1. The zero-order valence-corrected chi connectivity index (χ0v) is 16.6. The summed E-state index contributed by atoms with van der Waals surface area (Å²) in [7, 11) is 1.61. The molecule has 0 aliphatic heterocycles. The molecule has 2 N–H and O–H groups in total. The minimum absolute atomic E-state index is 0. The molecule has 0 bridgehead atoms. The number of nitrogens with zero attached hydrogens (tertiary/aromatic N) is 1. The Labute approximate surface area is 159 Å². The van der Waals surface area contributed by atoms with Crippen LogP contribution >= 0.6 is 24.0 Å². The number of nitrogens with one attached hydrogen (secondary N) is 2. The summed E-state index contributed by atoms with van der Waals surface area (Å²) in [5.74, 6) is 1.09. The van der Waals surface area contributed by atoms with E-state index in [4.69, 9.17) is 9.47 Å². The fourth-order valence-corrected chi connectivity index (χ4v) is 1.84. The Hall–Kier alpha value is -1.16. The van der Waals surface area contributed by atoms with Crippen molar-refractivity contribution in [2.45, 2.75) is 26.8 Å². The highest BCUT2D eigenvalue weighted by Crippen LogP contribution is 2.21. The largest absolute Gasteiger partial charge is 0.491 e. The van der Waals surface area contributed by atoms with Crippen LogP contribution in [-0.4, -0.2) is 45.8 Å². The highest BCUT2D eigenvalue weighted by Gasteiger charge is 2.07. The van der Waals surface area contributed by atoms with Gasteiger partial charge in [0.1, 0.15) is 12.4 Å². The summed E-state index contributed by atoms with van der Waals surface area (Å²) in [6.45, 7) is 5.29. The highest BCUT2D eigenvalue weighted by molar-refractivity contribution is 14.0. The predicted octanol–water partition coefficient (Wildman–Crippen LogP) is 2.96. The van der Waals surface area contributed by atoms with Gasteiger partial charge in [-0.25, -0.2) is 13.8 Å². The van der Waals surface area contributed by atoms with Gasteiger partial charge in [-0.1, -0.05) is 12.1 Å². The van der Waals surface area contributed by atoms with E-state index in [9.17, 15) is 8.78 Å². The van der Waals surface area contributed by atoms with Crippen LogP contribution in [0.3, 0.4) is 0 Å². The van der Waals surface area contributed by atoms with Crippen LogP contribution in [0.2, 0.25) is 0 Å². The van der Waals surface area contributed by atoms with E-state index in [2.05, 4.69) is 15.6 Å². The van der Waals surface area contributed by atoms with Crippen molar-refractivity contribution in [3.05, 3.63) is 29.3 Å². The molecule has 1 aromatic carbocycles. The second-order valence-electron chi connectivity index (χ2n) is 4.92. The van der Waals surface area contributed by atoms with Crippen molar-refractivity contribution in [2.75, 3.05) is 33.4 Å². The van der Waals surface area contributed by atoms with Crippen molar-refractivity contribution in [1.29, 1.82) is 0 Å². The van der Waals surface area contributed by atoms with Gasteiger partial charge in [0.25, 0.3) is 6.43 Å². The first-order valence-corrected chi connectivity index (χ1v) is 7.58. The molecule has 0 radical (unpaired) electrons. The van der Waals surface area contributed by atoms with E-state index in [0.717, 1.165) is 16.9 Å². The van der Waals surface area contributed by atoms with Gasteiger partial charge in [0, 0.05) is 19.2 Å². The fraction of sp³-hybridized carbons (Fsp3) is 0.562. The lowest BCUT2D eigenvalue weighted by molar-refractivity contribution is 0.145. The Morgan fingerprint density at radius 2 is 2.00 bits per heavy atom. The molecule has 0 aliphatic carbocycles. The predicted molar refractivity (Wildman–Crippen MR) is 103 cm³/mol. The first-order chi connectivity index (χ1) is 11.1. The van der Waals surface area contributed by atoms with Crippen LogP contribution in [0.25, 0.3) is 0 Å². The fourth-order valence-electron chi connectivity index (χ4n) is 1.84. The molecule has 0 atom stereocenters. The van der Waals surface area contributed by atoms with E-state index in [-0.39, 0.29) is 24.0 Å². The van der Waals surface area contributed by atoms with Crippen LogP contribution in [0.15, 0.2) is 23.2 Å². The van der Waals surface area contributed by atoms with Crippen LogP contribution in [0.4, 0.5) is 8.78 Å². The van der Waals surface area contributed by atoms with Crippen LogP contribution in [-0.2, 0) is 11.3 Å². The SMILES string of the molecule is CCNC(=NCc1ccc(C)cc1OCCOC)NCC(F)F.I. The molecule has 1 rings (SSSR count). The van der Waals surface area contributed by atoms with Crippen molar-refractivity contribution in [1.82, 2.24) is 10.6 Å². The van der Waals surface area contributed by atoms with Gasteiger partial charge in [0.05, 0.1) is 19.7 Å². The summed E-state index contributed by atoms with van der Waals surface area (Å²) in [5.41, 5.74) is 1.97. The Kier molecular flexibility index (Phi) is 12.5. The summed E-state index contributed by atoms with van der Waals surface area (Å²) in [6, 6.07) is 5.82. The number of ether oxygens (including phenoxy) is 2. The molecule has 0 aliphatic rings. The van der Waals surface area contributed by atoms with Crippen LogP contribution in [0.5, 0.6) is 5.75 Å². The zero-order valence-electron chi connectivity index (χ0n) is 14.3. The standard InChI is InChI=1S/C16H25F2N3O2.HI/c1-4-19-16(21-11-15(17)18)20-10-13-6-5-12(2)9-14(13)23-8-7-22-3;/h5-6,9,15H,4,7-8,10-11H2,1-3H3,(H2,19,20,21);1H. The van der Waals surface area contributed by atoms with Gasteiger partial charge >= 0.3 is 0 Å². The number of alkyl halides is 2. The molecule has 0 fully saturated rings. The number of guanidine groups is 1. The smallest absolute Gasteiger partial charge is 0.255 e. The third kappa shape index (κ3) is 9.21. The maximum Gasteiger partial charge on any atom is 0.255 e. The van der Waals surface area contributed by atoms with Gasteiger partial charge in [-0.05, 0) is 25.5 Å². The number of halogens is 3. The number of hydrogen-bond donors (Lipinski definition) is 2. The Morgan fingerprint density at radius 1 is 1.25 bits per heavy atom. The quantitative estimate of drug-likeness (QED) is 0.259. The lowest BCUT2D eigenvalue weighted by atomic mass is 10.1. The van der Waals surface area contributed by atoms with E-state index < -0.39 is 13.0 Å². The summed E-state index contributed by atoms with van der Waals surface area (Å²) in [6.07, 6.45) is -2.42. The molecule has 0 aromatic heterocycles. The first kappa shape index (κ1) is 22.8. The first-order valence-electron chi connectivity index (χ1n) is 7.58. The molecular weight excluding hydrogens is 431 g/mol. The molecule has 0 unspecified atom stereocenters. The summed E-state index contributed by atoms with van der Waals surface area (Å²) >= 11 is 0. The third-order valence-corrected chi connectivity index (χ3v) is 2.94. The van der Waals surface area contributed by atoms with Crippen molar-refractivity contribution >= 4 is 29.9 Å². The molecule has 24 heavy (non-hydrogen) atoms. The van der Waals surface area contributed by atoms with E-state index >= 15 is 0 Å². The maximum atomic E-state index is 12.3. The van der Waals surface area contributed by atoms with Crippen LogP contribution < -0.4 is 15.4 Å². The lowest BCUT2D eigenvalue weighted by Gasteiger charge is -2.13. The van der Waals surface area contributed by atoms with E-state index in [1.54, 1.807) is 7.11 Å². The van der Waals surface area contributed by atoms with Gasteiger partial charge in [-0.2, -0.15) is 0 Å². The second kappa shape index (κ2) is 13.2. The van der Waals surface area contributed by atoms with Gasteiger partial charge in [-0.15, -0.1) is 24.0 Å². The summed E-state index contributed by atoms with van der Waals surface area (Å²) < 4.78 is 35.3. The van der Waals surface area contributed by atoms with E-state index in [0.29, 0.717) is 32.3 Å². The molecule has 138 valence electrons. The van der Waals surface area contributed by atoms with Gasteiger partial charge < -0.3 is 20.1 Å². The molecule has 0 amide bonds. The average Bonchev–Trinajstić information content (AvgIpc) is 2.51. The Morgan fingerprint density at radius 3 is 2.62 bits per heavy atom. The molecule has 0 heterocycles. The number of hydrogen-bond acceptors (Lipinski definition) is 3. The summed E-state index contributed by atoms with van der Waals surface area (Å²) in [4.78, 5) is 4.32.